The van der Waals surface area contributed by atoms with Crippen molar-refractivity contribution < 1.29 is 53.8 Å². The second-order valence-electron chi connectivity index (χ2n) is 6.89. The van der Waals surface area contributed by atoms with Gasteiger partial charge in [-0.05, 0) is 24.3 Å². The molecule has 0 bridgehead atoms. The van der Waals surface area contributed by atoms with Crippen molar-refractivity contribution in [1.29, 1.82) is 0 Å². The van der Waals surface area contributed by atoms with E-state index >= 15 is 0 Å². The topological polar surface area (TPSA) is 76.6 Å². The zero-order valence-electron chi connectivity index (χ0n) is 17.1. The molecule has 3 rings (SSSR count). The fraction of sp³-hybridized carbons (Fsp3) is 0.316. The van der Waals surface area contributed by atoms with Crippen molar-refractivity contribution in [2.24, 2.45) is 0 Å². The maximum atomic E-state index is 12.8. The quantitative estimate of drug-likeness (QED) is 0.478. The van der Waals surface area contributed by atoms with E-state index in [1.54, 1.807) is 6.08 Å². The Hall–Kier alpha value is -3.72. The molecule has 16 heteroatoms. The fourth-order valence-corrected chi connectivity index (χ4v) is 2.52. The van der Waals surface area contributed by atoms with Crippen molar-refractivity contribution in [2.45, 2.75) is 24.9 Å². The number of carbonyl (C=O) groups excluding carboxylic acids is 1. The van der Waals surface area contributed by atoms with Gasteiger partial charge < -0.3 is 9.47 Å². The first-order valence-corrected chi connectivity index (χ1v) is 9.36. The highest BCUT2D eigenvalue weighted by atomic mass is 19.4. The van der Waals surface area contributed by atoms with E-state index in [9.17, 15) is 44.3 Å². The summed E-state index contributed by atoms with van der Waals surface area (Å²) < 4.78 is 122. The normalized spacial score (nSPS) is 13.7. The lowest BCUT2D eigenvalue weighted by molar-refractivity contribution is -0.155. The Morgan fingerprint density at radius 3 is 2.00 bits per heavy atom. The first-order chi connectivity index (χ1) is 16.1. The lowest BCUT2D eigenvalue weighted by Gasteiger charge is -2.21. The number of nitrogens with one attached hydrogen (secondary N) is 1. The first kappa shape index (κ1) is 25.9. The average Bonchev–Trinajstić information content (AvgIpc) is 3.54. The van der Waals surface area contributed by atoms with E-state index < -0.39 is 61.0 Å². The molecular weight excluding hydrogens is 503 g/mol. The Bertz CT molecular complexity index is 1060. The van der Waals surface area contributed by atoms with Crippen LogP contribution in [-0.2, 0) is 6.18 Å². The molecule has 2 aromatic rings. The van der Waals surface area contributed by atoms with Gasteiger partial charge in [-0.3, -0.25) is 10.2 Å². The molecule has 1 aliphatic carbocycles. The molecule has 1 aliphatic rings. The molecule has 7 nitrogen and oxygen atoms in total. The summed E-state index contributed by atoms with van der Waals surface area (Å²) in [5.74, 6) is -1.44. The van der Waals surface area contributed by atoms with Crippen molar-refractivity contribution in [2.75, 3.05) is 23.4 Å². The van der Waals surface area contributed by atoms with Crippen LogP contribution in [0.15, 0.2) is 42.1 Å². The fourth-order valence-electron chi connectivity index (χ4n) is 2.52. The van der Waals surface area contributed by atoms with Gasteiger partial charge in [0, 0.05) is 18.2 Å². The standard InChI is InChI=1S/C19H13F9N4O3/c20-17(21,22)8-34-14-7-13(29-15(31-14)35-9-18(23,24)25)30-16(33)32(12-5-6-12)11-3-1-10(2-4-11)19(26,27)28/h1-5,7H,6,8-9H2,(H,29,30,31,33). The van der Waals surface area contributed by atoms with Gasteiger partial charge in [-0.25, -0.2) is 4.79 Å². The maximum absolute atomic E-state index is 12.8. The lowest BCUT2D eigenvalue weighted by atomic mass is 10.2. The monoisotopic (exact) mass is 516 g/mol. The number of urea groups is 1. The Kier molecular flexibility index (Phi) is 7.03. The van der Waals surface area contributed by atoms with Crippen LogP contribution in [0, 0.1) is 0 Å². The van der Waals surface area contributed by atoms with Crippen LogP contribution in [0.3, 0.4) is 0 Å². The van der Waals surface area contributed by atoms with Crippen LogP contribution < -0.4 is 19.7 Å². The van der Waals surface area contributed by atoms with Crippen LogP contribution in [0.1, 0.15) is 12.0 Å². The number of carbonyl (C=O) groups is 1. The average molecular weight is 516 g/mol. The molecule has 0 atom stereocenters. The SMILES string of the molecule is O=C(Nc1cc(OCC(F)(F)F)nc(OCC(F)(F)F)n1)N(C1=CC1)c1ccc(C(F)(F)F)cc1. The van der Waals surface area contributed by atoms with E-state index in [0.717, 1.165) is 29.2 Å². The molecule has 1 N–H and O–H groups in total. The van der Waals surface area contributed by atoms with Gasteiger partial charge in [0.2, 0.25) is 5.88 Å². The molecule has 0 saturated carbocycles. The van der Waals surface area contributed by atoms with Crippen LogP contribution in [-0.4, -0.2) is 41.6 Å². The minimum atomic E-state index is -4.83. The molecule has 0 saturated heterocycles. The Labute approximate surface area is 190 Å². The van der Waals surface area contributed by atoms with Gasteiger partial charge in [-0.1, -0.05) is 6.08 Å². The number of halogens is 9. The molecule has 35 heavy (non-hydrogen) atoms. The van der Waals surface area contributed by atoms with Crippen LogP contribution in [0.2, 0.25) is 0 Å². The van der Waals surface area contributed by atoms with Crippen molar-refractivity contribution in [3.63, 3.8) is 0 Å². The lowest BCUT2D eigenvalue weighted by Crippen LogP contribution is -2.32. The van der Waals surface area contributed by atoms with E-state index in [2.05, 4.69) is 24.8 Å². The van der Waals surface area contributed by atoms with Crippen LogP contribution in [0.5, 0.6) is 11.9 Å². The van der Waals surface area contributed by atoms with Crippen molar-refractivity contribution in [1.82, 2.24) is 9.97 Å². The van der Waals surface area contributed by atoms with Gasteiger partial charge in [-0.2, -0.15) is 49.5 Å². The summed E-state index contributed by atoms with van der Waals surface area (Å²) >= 11 is 0. The summed E-state index contributed by atoms with van der Waals surface area (Å²) in [6.45, 7) is -3.73. The number of rotatable bonds is 7. The predicted molar refractivity (Wildman–Crippen MR) is 101 cm³/mol. The third kappa shape index (κ3) is 7.92. The summed E-state index contributed by atoms with van der Waals surface area (Å²) in [4.78, 5) is 20.5. The molecule has 190 valence electrons. The number of hydrogen-bond donors (Lipinski definition) is 1. The third-order valence-electron chi connectivity index (χ3n) is 4.00. The summed E-state index contributed by atoms with van der Waals surface area (Å²) in [7, 11) is 0. The summed E-state index contributed by atoms with van der Waals surface area (Å²) in [6, 6.07) is 2.13. The van der Waals surface area contributed by atoms with E-state index in [1.165, 1.54) is 0 Å². The molecule has 1 aromatic carbocycles. The molecule has 2 amide bonds. The van der Waals surface area contributed by atoms with Crippen molar-refractivity contribution in [3.8, 4) is 11.9 Å². The minimum absolute atomic E-state index is 0.00963. The number of amides is 2. The Morgan fingerprint density at radius 2 is 1.49 bits per heavy atom. The molecule has 1 aromatic heterocycles. The highest BCUT2D eigenvalue weighted by Crippen LogP contribution is 2.34. The minimum Gasteiger partial charge on any atom is -0.468 e. The molecule has 0 spiro atoms. The Balaban J connectivity index is 1.84. The van der Waals surface area contributed by atoms with Gasteiger partial charge in [0.15, 0.2) is 13.2 Å². The zero-order valence-corrected chi connectivity index (χ0v) is 17.1. The van der Waals surface area contributed by atoms with Crippen molar-refractivity contribution >= 4 is 17.5 Å². The van der Waals surface area contributed by atoms with Gasteiger partial charge >= 0.3 is 30.6 Å². The third-order valence-corrected chi connectivity index (χ3v) is 4.00. The van der Waals surface area contributed by atoms with E-state index in [1.807, 2.05) is 0 Å². The first-order valence-electron chi connectivity index (χ1n) is 9.36. The Morgan fingerprint density at radius 1 is 0.914 bits per heavy atom. The molecule has 0 fully saturated rings. The summed E-state index contributed by atoms with van der Waals surface area (Å²) in [6.07, 6.45) is -12.4. The van der Waals surface area contributed by atoms with Crippen LogP contribution in [0.4, 0.5) is 55.8 Å². The van der Waals surface area contributed by atoms with E-state index in [0.29, 0.717) is 18.2 Å². The van der Waals surface area contributed by atoms with Crippen molar-refractivity contribution in [3.05, 3.63) is 47.7 Å². The molecule has 0 aliphatic heterocycles. The second kappa shape index (κ2) is 9.50. The van der Waals surface area contributed by atoms with Crippen LogP contribution in [0.25, 0.3) is 0 Å². The van der Waals surface area contributed by atoms with Gasteiger partial charge in [0.25, 0.3) is 0 Å². The summed E-state index contributed by atoms with van der Waals surface area (Å²) in [5.41, 5.74) is -0.589. The molecule has 0 unspecified atom stereocenters. The zero-order chi connectivity index (χ0) is 26.0. The molecule has 0 radical (unpaired) electrons. The maximum Gasteiger partial charge on any atom is 0.422 e. The number of nitrogens with zero attached hydrogens (tertiary/aromatic N) is 3. The number of anilines is 2. The number of hydrogen-bond acceptors (Lipinski definition) is 5. The smallest absolute Gasteiger partial charge is 0.422 e. The number of benzene rings is 1. The summed E-state index contributed by atoms with van der Waals surface area (Å²) in [5, 5.41) is 2.13. The number of aromatic nitrogens is 2. The van der Waals surface area contributed by atoms with Gasteiger partial charge in [-0.15, -0.1) is 0 Å². The number of alkyl halides is 9. The van der Waals surface area contributed by atoms with Gasteiger partial charge in [0.1, 0.15) is 5.82 Å². The van der Waals surface area contributed by atoms with Crippen LogP contribution >= 0.6 is 0 Å². The second-order valence-corrected chi connectivity index (χ2v) is 6.89. The number of allylic oxidation sites excluding steroid dienone is 2. The van der Waals surface area contributed by atoms with Gasteiger partial charge in [0.05, 0.1) is 11.3 Å². The largest absolute Gasteiger partial charge is 0.468 e. The molecule has 1 heterocycles. The number of ether oxygens (including phenoxy) is 2. The van der Waals surface area contributed by atoms with E-state index in [-0.39, 0.29) is 5.69 Å². The highest BCUT2D eigenvalue weighted by Gasteiger charge is 2.33. The highest BCUT2D eigenvalue weighted by molar-refractivity contribution is 6.04. The van der Waals surface area contributed by atoms with E-state index in [4.69, 9.17) is 0 Å². The predicted octanol–water partition coefficient (Wildman–Crippen LogP) is 5.70. The molecular formula is C19H13F9N4O3.